The van der Waals surface area contributed by atoms with E-state index in [1.165, 1.54) is 19.3 Å². The number of alkyl halides is 1. The Morgan fingerprint density at radius 2 is 1.85 bits per heavy atom. The minimum absolute atomic E-state index is 0.0135. The summed E-state index contributed by atoms with van der Waals surface area (Å²) in [4.78, 5) is 12.9. The van der Waals surface area contributed by atoms with E-state index in [0.717, 1.165) is 6.07 Å². The molecule has 4 aromatic rings. The Bertz CT molecular complexity index is 1640. The van der Waals surface area contributed by atoms with Crippen LogP contribution < -0.4 is 20.1 Å². The minimum Gasteiger partial charge on any atom is -0.438 e. The van der Waals surface area contributed by atoms with Crippen LogP contribution in [0.15, 0.2) is 67.0 Å². The summed E-state index contributed by atoms with van der Waals surface area (Å²) in [6, 6.07) is 13.9. The molecule has 1 fully saturated rings. The normalized spacial score (nSPS) is 17.2. The molecule has 3 N–H and O–H groups in total. The summed E-state index contributed by atoms with van der Waals surface area (Å²) in [5, 5.41) is 6.12. The topological polar surface area (TPSA) is 118 Å². The van der Waals surface area contributed by atoms with Crippen molar-refractivity contribution in [3.8, 4) is 22.9 Å². The van der Waals surface area contributed by atoms with E-state index in [0.29, 0.717) is 36.3 Å². The Hall–Kier alpha value is -4.23. The van der Waals surface area contributed by atoms with Gasteiger partial charge in [0, 0.05) is 49.6 Å². The molecule has 5 rings (SSSR count). The quantitative estimate of drug-likeness (QED) is 0.252. The molecule has 2 atom stereocenters. The highest BCUT2D eigenvalue weighted by molar-refractivity contribution is 7.91. The standard InChI is InChI=1S/C28H27F3N6O3S/c1-17-24(13-22(30)26(25(17)31)37-41(38,39)16-18-6-3-2-4-7-18)40-27-21(8-5-10-33-27)23-9-11-34-28(36-23)35-20-12-19(29)14-32-15-20/h2-11,13,19-20,32,37H,12,14-16H2,1H3,(H,34,35,36)/t19-,20-/m0/s1. The number of nitrogens with one attached hydrogen (secondary N) is 3. The van der Waals surface area contributed by atoms with E-state index in [9.17, 15) is 12.8 Å². The van der Waals surface area contributed by atoms with Crippen molar-refractivity contribution in [2.24, 2.45) is 0 Å². The maximum atomic E-state index is 15.3. The van der Waals surface area contributed by atoms with E-state index in [2.05, 4.69) is 25.6 Å². The summed E-state index contributed by atoms with van der Waals surface area (Å²) in [7, 11) is -4.11. The predicted octanol–water partition coefficient (Wildman–Crippen LogP) is 4.97. The molecule has 0 aliphatic carbocycles. The highest BCUT2D eigenvalue weighted by Crippen LogP contribution is 2.36. The van der Waals surface area contributed by atoms with Gasteiger partial charge in [0.05, 0.1) is 17.0 Å². The molecule has 1 saturated heterocycles. The van der Waals surface area contributed by atoms with Crippen LogP contribution in [0.4, 0.5) is 24.8 Å². The Morgan fingerprint density at radius 3 is 2.63 bits per heavy atom. The molecule has 0 saturated carbocycles. The number of hydrogen-bond donors (Lipinski definition) is 3. The molecule has 9 nitrogen and oxygen atoms in total. The Morgan fingerprint density at radius 1 is 1.05 bits per heavy atom. The zero-order valence-corrected chi connectivity index (χ0v) is 22.8. The van der Waals surface area contributed by atoms with Crippen LogP contribution in [0.2, 0.25) is 0 Å². The second kappa shape index (κ2) is 12.1. The van der Waals surface area contributed by atoms with Gasteiger partial charge in [-0.1, -0.05) is 30.3 Å². The molecule has 0 spiro atoms. The van der Waals surface area contributed by atoms with Gasteiger partial charge in [-0.2, -0.15) is 0 Å². The van der Waals surface area contributed by atoms with Gasteiger partial charge in [0.25, 0.3) is 0 Å². The van der Waals surface area contributed by atoms with Gasteiger partial charge < -0.3 is 15.4 Å². The number of halogens is 3. The molecule has 214 valence electrons. The monoisotopic (exact) mass is 584 g/mol. The van der Waals surface area contributed by atoms with Crippen molar-refractivity contribution < 1.29 is 26.3 Å². The second-order valence-electron chi connectivity index (χ2n) is 9.57. The molecule has 0 bridgehead atoms. The van der Waals surface area contributed by atoms with Gasteiger partial charge >= 0.3 is 0 Å². The first-order chi connectivity index (χ1) is 19.7. The fourth-order valence-electron chi connectivity index (χ4n) is 4.41. The number of benzene rings is 2. The van der Waals surface area contributed by atoms with Crippen molar-refractivity contribution in [2.75, 3.05) is 23.1 Å². The number of sulfonamides is 1. The molecule has 1 aliphatic rings. The van der Waals surface area contributed by atoms with Crippen LogP contribution in [0.25, 0.3) is 11.3 Å². The third-order valence-electron chi connectivity index (χ3n) is 6.41. The van der Waals surface area contributed by atoms with Crippen molar-refractivity contribution in [2.45, 2.75) is 31.3 Å². The Labute approximate surface area is 235 Å². The van der Waals surface area contributed by atoms with E-state index in [1.54, 1.807) is 48.5 Å². The van der Waals surface area contributed by atoms with Crippen LogP contribution in [-0.4, -0.2) is 48.7 Å². The van der Waals surface area contributed by atoms with Gasteiger partial charge in [-0.15, -0.1) is 0 Å². The number of piperidine rings is 1. The molecular weight excluding hydrogens is 557 g/mol. The minimum atomic E-state index is -4.11. The van der Waals surface area contributed by atoms with E-state index in [4.69, 9.17) is 4.74 Å². The van der Waals surface area contributed by atoms with Gasteiger partial charge in [-0.05, 0) is 30.7 Å². The van der Waals surface area contributed by atoms with Crippen molar-refractivity contribution in [3.63, 3.8) is 0 Å². The Balaban J connectivity index is 1.38. The van der Waals surface area contributed by atoms with Crippen molar-refractivity contribution in [1.82, 2.24) is 20.3 Å². The Kier molecular flexibility index (Phi) is 8.36. The fraction of sp³-hybridized carbons (Fsp3) is 0.250. The van der Waals surface area contributed by atoms with Gasteiger partial charge in [-0.25, -0.2) is 36.5 Å². The molecule has 0 amide bonds. The number of pyridine rings is 1. The number of aromatic nitrogens is 3. The summed E-state index contributed by atoms with van der Waals surface area (Å²) >= 11 is 0. The molecule has 1 aliphatic heterocycles. The van der Waals surface area contributed by atoms with Crippen molar-refractivity contribution in [3.05, 3.63) is 89.8 Å². The highest BCUT2D eigenvalue weighted by atomic mass is 32.2. The van der Waals surface area contributed by atoms with E-state index >= 15 is 8.78 Å². The number of anilines is 2. The third-order valence-corrected chi connectivity index (χ3v) is 7.64. The lowest BCUT2D eigenvalue weighted by molar-refractivity contribution is 0.254. The van der Waals surface area contributed by atoms with Crippen LogP contribution in [-0.2, 0) is 15.8 Å². The maximum absolute atomic E-state index is 15.3. The van der Waals surface area contributed by atoms with E-state index in [-0.39, 0.29) is 29.2 Å². The van der Waals surface area contributed by atoms with Crippen LogP contribution in [0.5, 0.6) is 11.6 Å². The first-order valence-corrected chi connectivity index (χ1v) is 14.4. The first-order valence-electron chi connectivity index (χ1n) is 12.8. The van der Waals surface area contributed by atoms with Gasteiger partial charge in [0.15, 0.2) is 11.6 Å². The molecule has 0 unspecified atom stereocenters. The number of rotatable bonds is 9. The highest BCUT2D eigenvalue weighted by Gasteiger charge is 2.24. The summed E-state index contributed by atoms with van der Waals surface area (Å²) < 4.78 is 77.2. The maximum Gasteiger partial charge on any atom is 0.237 e. The van der Waals surface area contributed by atoms with E-state index in [1.807, 2.05) is 4.72 Å². The molecule has 2 aromatic carbocycles. The zero-order valence-electron chi connectivity index (χ0n) is 21.9. The zero-order chi connectivity index (χ0) is 29.0. The van der Waals surface area contributed by atoms with Crippen LogP contribution >= 0.6 is 0 Å². The largest absolute Gasteiger partial charge is 0.438 e. The predicted molar refractivity (Wildman–Crippen MR) is 149 cm³/mol. The van der Waals surface area contributed by atoms with Gasteiger partial charge in [-0.3, -0.25) is 4.72 Å². The average Bonchev–Trinajstić information content (AvgIpc) is 2.95. The summed E-state index contributed by atoms with van der Waals surface area (Å²) in [5.41, 5.74) is 0.360. The molecular formula is C28H27F3N6O3S. The van der Waals surface area contributed by atoms with Crippen molar-refractivity contribution in [1.29, 1.82) is 0 Å². The number of ether oxygens (including phenoxy) is 1. The van der Waals surface area contributed by atoms with Crippen molar-refractivity contribution >= 4 is 21.7 Å². The molecule has 2 aromatic heterocycles. The van der Waals surface area contributed by atoms with Crippen LogP contribution in [0, 0.1) is 18.6 Å². The number of nitrogens with zero attached hydrogens (tertiary/aromatic N) is 3. The molecule has 0 radical (unpaired) electrons. The first kappa shape index (κ1) is 28.3. The summed E-state index contributed by atoms with van der Waals surface area (Å²) in [6.45, 7) is 2.20. The molecule has 41 heavy (non-hydrogen) atoms. The van der Waals surface area contributed by atoms with Crippen LogP contribution in [0.3, 0.4) is 0 Å². The van der Waals surface area contributed by atoms with Gasteiger partial charge in [0.2, 0.25) is 21.9 Å². The van der Waals surface area contributed by atoms with Crippen LogP contribution in [0.1, 0.15) is 17.5 Å². The lowest BCUT2D eigenvalue weighted by Crippen LogP contribution is -2.44. The average molecular weight is 585 g/mol. The molecule has 13 heteroatoms. The molecule has 3 heterocycles. The lowest BCUT2D eigenvalue weighted by atomic mass is 10.1. The second-order valence-corrected chi connectivity index (χ2v) is 11.3. The summed E-state index contributed by atoms with van der Waals surface area (Å²) in [6.07, 6.45) is 2.31. The lowest BCUT2D eigenvalue weighted by Gasteiger charge is -2.26. The summed E-state index contributed by atoms with van der Waals surface area (Å²) in [5.74, 6) is -2.63. The SMILES string of the molecule is Cc1c(Oc2ncccc2-c2ccnc(N[C@@H]3CNC[C@@H](F)C3)n2)cc(F)c(NS(=O)(=O)Cc2ccccc2)c1F. The third kappa shape index (κ3) is 6.92. The fourth-order valence-corrected chi connectivity index (χ4v) is 5.61. The van der Waals surface area contributed by atoms with E-state index < -0.39 is 39.3 Å². The smallest absolute Gasteiger partial charge is 0.237 e. The van der Waals surface area contributed by atoms with Gasteiger partial charge in [0.1, 0.15) is 17.6 Å². The number of hydrogen-bond acceptors (Lipinski definition) is 8.